The molecule has 26 heavy (non-hydrogen) atoms. The molecule has 0 bridgehead atoms. The fraction of sp³-hybridized carbons (Fsp3) is 0.316. The van der Waals surface area contributed by atoms with Gasteiger partial charge in [-0.3, -0.25) is 9.10 Å². The van der Waals surface area contributed by atoms with Crippen LogP contribution >= 0.6 is 11.6 Å². The van der Waals surface area contributed by atoms with Crippen LogP contribution in [0.4, 0.5) is 5.69 Å². The summed E-state index contributed by atoms with van der Waals surface area (Å²) in [6.07, 6.45) is 1.27. The number of rotatable bonds is 7. The van der Waals surface area contributed by atoms with Gasteiger partial charge in [-0.2, -0.15) is 0 Å². The normalized spacial score (nSPS) is 11.2. The number of aryl methyl sites for hydroxylation is 2. The monoisotopic (exact) mass is 395 g/mol. The van der Waals surface area contributed by atoms with Crippen molar-refractivity contribution in [1.82, 2.24) is 0 Å². The van der Waals surface area contributed by atoms with Gasteiger partial charge in [0, 0.05) is 5.02 Å². The Morgan fingerprint density at radius 2 is 1.58 bits per heavy atom. The topological polar surface area (TPSA) is 63.7 Å². The molecule has 0 aliphatic heterocycles. The van der Waals surface area contributed by atoms with Crippen LogP contribution in [0.25, 0.3) is 0 Å². The van der Waals surface area contributed by atoms with Crippen LogP contribution in [0.5, 0.6) is 0 Å². The van der Waals surface area contributed by atoms with Gasteiger partial charge in [0.2, 0.25) is 0 Å². The molecule has 2 rings (SSSR count). The summed E-state index contributed by atoms with van der Waals surface area (Å²) in [5.41, 5.74) is 2.24. The first kappa shape index (κ1) is 20.3. The van der Waals surface area contributed by atoms with Crippen LogP contribution in [0.3, 0.4) is 0 Å². The molecule has 0 radical (unpaired) electrons. The number of para-hydroxylation sites is 1. The second-order valence-corrected chi connectivity index (χ2v) is 7.97. The molecule has 0 atom stereocenters. The molecule has 0 saturated carbocycles. The Morgan fingerprint density at radius 3 is 2.04 bits per heavy atom. The maximum atomic E-state index is 13.3. The number of methoxy groups -OCH3 is 1. The number of sulfonamides is 1. The highest BCUT2D eigenvalue weighted by atomic mass is 35.5. The Balaban J connectivity index is 2.68. The zero-order valence-corrected chi connectivity index (χ0v) is 16.6. The van der Waals surface area contributed by atoms with E-state index in [2.05, 4.69) is 0 Å². The van der Waals surface area contributed by atoms with E-state index in [1.54, 1.807) is 0 Å². The van der Waals surface area contributed by atoms with E-state index < -0.39 is 22.5 Å². The number of hydrogen-bond acceptors (Lipinski definition) is 4. The minimum Gasteiger partial charge on any atom is -0.468 e. The highest BCUT2D eigenvalue weighted by Crippen LogP contribution is 2.32. The Labute approximate surface area is 159 Å². The number of ether oxygens (including phenoxy) is 1. The van der Waals surface area contributed by atoms with Crippen molar-refractivity contribution in [3.63, 3.8) is 0 Å². The lowest BCUT2D eigenvalue weighted by Gasteiger charge is -2.27. The highest BCUT2D eigenvalue weighted by molar-refractivity contribution is 7.92. The molecule has 0 aliphatic carbocycles. The standard InChI is InChI=1S/C19H22ClNO4S/c1-4-14-7-6-8-15(5-2)19(14)21(13-18(22)25-3)26(23,24)17-11-9-16(20)10-12-17/h6-12H,4-5,13H2,1-3H3. The predicted molar refractivity (Wildman–Crippen MR) is 103 cm³/mol. The van der Waals surface area contributed by atoms with Gasteiger partial charge in [-0.1, -0.05) is 43.6 Å². The number of benzene rings is 2. The molecule has 0 unspecified atom stereocenters. The minimum absolute atomic E-state index is 0.0683. The van der Waals surface area contributed by atoms with Crippen molar-refractivity contribution < 1.29 is 17.9 Å². The number of anilines is 1. The highest BCUT2D eigenvalue weighted by Gasteiger charge is 2.30. The van der Waals surface area contributed by atoms with E-state index in [4.69, 9.17) is 16.3 Å². The lowest BCUT2D eigenvalue weighted by atomic mass is 10.0. The summed E-state index contributed by atoms with van der Waals surface area (Å²) < 4.78 is 32.5. The molecule has 7 heteroatoms. The quantitative estimate of drug-likeness (QED) is 0.668. The molecule has 0 saturated heterocycles. The Morgan fingerprint density at radius 1 is 1.04 bits per heavy atom. The Hall–Kier alpha value is -2.05. The molecule has 0 heterocycles. The van der Waals surface area contributed by atoms with E-state index in [1.807, 2.05) is 32.0 Å². The zero-order valence-electron chi connectivity index (χ0n) is 15.0. The van der Waals surface area contributed by atoms with Crippen LogP contribution in [-0.4, -0.2) is 28.0 Å². The summed E-state index contributed by atoms with van der Waals surface area (Å²) >= 11 is 5.88. The molecule has 5 nitrogen and oxygen atoms in total. The summed E-state index contributed by atoms with van der Waals surface area (Å²) in [6.45, 7) is 3.50. The molecule has 0 amide bonds. The van der Waals surface area contributed by atoms with Gasteiger partial charge in [-0.25, -0.2) is 8.42 Å². The fourth-order valence-corrected chi connectivity index (χ4v) is 4.35. The van der Waals surface area contributed by atoms with Crippen molar-refractivity contribution in [2.75, 3.05) is 18.0 Å². The van der Waals surface area contributed by atoms with Gasteiger partial charge >= 0.3 is 5.97 Å². The lowest BCUT2D eigenvalue weighted by Crippen LogP contribution is -2.37. The second kappa shape index (κ2) is 8.56. The molecular weight excluding hydrogens is 374 g/mol. The van der Waals surface area contributed by atoms with Gasteiger partial charge in [0.05, 0.1) is 17.7 Å². The second-order valence-electron chi connectivity index (χ2n) is 5.67. The summed E-state index contributed by atoms with van der Waals surface area (Å²) in [5, 5.41) is 0.437. The number of nitrogens with zero attached hydrogens (tertiary/aromatic N) is 1. The van der Waals surface area contributed by atoms with Gasteiger partial charge < -0.3 is 4.74 Å². The van der Waals surface area contributed by atoms with Crippen LogP contribution in [0.2, 0.25) is 5.02 Å². The van der Waals surface area contributed by atoms with E-state index in [1.165, 1.54) is 31.4 Å². The number of carbonyl (C=O) groups excluding carboxylic acids is 1. The largest absolute Gasteiger partial charge is 0.468 e. The van der Waals surface area contributed by atoms with E-state index in [9.17, 15) is 13.2 Å². The van der Waals surface area contributed by atoms with Crippen LogP contribution < -0.4 is 4.31 Å². The molecule has 0 aliphatic rings. The minimum atomic E-state index is -3.97. The van der Waals surface area contributed by atoms with Crippen LogP contribution in [0, 0.1) is 0 Å². The van der Waals surface area contributed by atoms with Crippen molar-refractivity contribution in [3.8, 4) is 0 Å². The Bertz CT molecular complexity index is 857. The molecular formula is C19H22ClNO4S. The number of halogens is 1. The zero-order chi connectivity index (χ0) is 19.3. The van der Waals surface area contributed by atoms with Gasteiger partial charge in [-0.05, 0) is 48.2 Å². The van der Waals surface area contributed by atoms with Crippen molar-refractivity contribution in [1.29, 1.82) is 0 Å². The van der Waals surface area contributed by atoms with Crippen LogP contribution in [-0.2, 0) is 32.4 Å². The maximum absolute atomic E-state index is 13.3. The van der Waals surface area contributed by atoms with Gasteiger partial charge in [0.25, 0.3) is 10.0 Å². The first-order valence-corrected chi connectivity index (χ1v) is 10.1. The maximum Gasteiger partial charge on any atom is 0.326 e. The van der Waals surface area contributed by atoms with E-state index in [0.29, 0.717) is 23.6 Å². The Kier molecular flexibility index (Phi) is 6.67. The molecule has 2 aromatic carbocycles. The first-order valence-electron chi connectivity index (χ1n) is 8.31. The van der Waals surface area contributed by atoms with Crippen molar-refractivity contribution >= 4 is 33.3 Å². The van der Waals surface area contributed by atoms with E-state index in [-0.39, 0.29) is 4.90 Å². The van der Waals surface area contributed by atoms with Gasteiger partial charge in [0.1, 0.15) is 6.54 Å². The van der Waals surface area contributed by atoms with Gasteiger partial charge in [-0.15, -0.1) is 0 Å². The molecule has 0 aromatic heterocycles. The third-order valence-corrected chi connectivity index (χ3v) is 6.13. The first-order chi connectivity index (χ1) is 12.3. The SMILES string of the molecule is CCc1cccc(CC)c1N(CC(=O)OC)S(=O)(=O)c1ccc(Cl)cc1. The van der Waals surface area contributed by atoms with Crippen molar-refractivity contribution in [2.24, 2.45) is 0 Å². The third kappa shape index (κ3) is 4.19. The molecule has 0 fully saturated rings. The van der Waals surface area contributed by atoms with Crippen LogP contribution in [0.1, 0.15) is 25.0 Å². The summed E-state index contributed by atoms with van der Waals surface area (Å²) in [5.74, 6) is -0.629. The van der Waals surface area contributed by atoms with Crippen molar-refractivity contribution in [2.45, 2.75) is 31.6 Å². The fourth-order valence-electron chi connectivity index (χ4n) is 2.74. The average molecular weight is 396 g/mol. The van der Waals surface area contributed by atoms with Crippen molar-refractivity contribution in [3.05, 3.63) is 58.6 Å². The number of hydrogen-bond donors (Lipinski definition) is 0. The van der Waals surface area contributed by atoms with E-state index >= 15 is 0 Å². The van der Waals surface area contributed by atoms with E-state index in [0.717, 1.165) is 15.4 Å². The summed E-state index contributed by atoms with van der Waals surface area (Å²) in [4.78, 5) is 12.0. The smallest absolute Gasteiger partial charge is 0.326 e. The summed E-state index contributed by atoms with van der Waals surface area (Å²) in [6, 6.07) is 11.5. The average Bonchev–Trinajstić information content (AvgIpc) is 2.65. The number of esters is 1. The molecule has 0 spiro atoms. The third-order valence-electron chi connectivity index (χ3n) is 4.12. The molecule has 2 aromatic rings. The lowest BCUT2D eigenvalue weighted by molar-refractivity contribution is -0.138. The predicted octanol–water partition coefficient (Wildman–Crippen LogP) is 3.83. The van der Waals surface area contributed by atoms with Crippen LogP contribution in [0.15, 0.2) is 47.4 Å². The number of carbonyl (C=O) groups is 1. The molecule has 140 valence electrons. The molecule has 0 N–H and O–H groups in total. The summed E-state index contributed by atoms with van der Waals surface area (Å²) in [7, 11) is -2.73. The van der Waals surface area contributed by atoms with Gasteiger partial charge in [0.15, 0.2) is 0 Å².